The molecule has 9 rings (SSSR count). The molecule has 4 aliphatic rings. The predicted molar refractivity (Wildman–Crippen MR) is 159 cm³/mol. The summed E-state index contributed by atoms with van der Waals surface area (Å²) in [5.74, 6) is 3.72. The molecule has 1 nitrogen and oxygen atoms in total. The Morgan fingerprint density at radius 2 is 1.00 bits per heavy atom. The first-order valence-electron chi connectivity index (χ1n) is 14.4. The largest absolute Gasteiger partial charge is 0.495 e. The van der Waals surface area contributed by atoms with Crippen molar-refractivity contribution in [2.45, 2.75) is 43.9 Å². The van der Waals surface area contributed by atoms with Gasteiger partial charge in [0.25, 0.3) is 0 Å². The second-order valence-corrected chi connectivity index (χ2v) is 12.4. The smallest absolute Gasteiger partial charge is 0.134 e. The van der Waals surface area contributed by atoms with Gasteiger partial charge in [-0.25, -0.2) is 0 Å². The number of hydrogen-bond acceptors (Lipinski definition) is 1. The van der Waals surface area contributed by atoms with Gasteiger partial charge in [0.15, 0.2) is 0 Å². The van der Waals surface area contributed by atoms with E-state index in [0.717, 1.165) is 23.5 Å². The van der Waals surface area contributed by atoms with Crippen molar-refractivity contribution in [1.82, 2.24) is 0 Å². The summed E-state index contributed by atoms with van der Waals surface area (Å²) in [5.41, 5.74) is 6.87. The normalized spacial score (nSPS) is 25.8. The van der Waals surface area contributed by atoms with E-state index in [1.54, 1.807) is 5.56 Å². The first-order valence-corrected chi connectivity index (χ1v) is 14.4. The van der Waals surface area contributed by atoms with E-state index in [1.165, 1.54) is 82.3 Å². The fourth-order valence-corrected chi connectivity index (χ4v) is 8.94. The maximum atomic E-state index is 6.36. The second kappa shape index (κ2) is 8.46. The van der Waals surface area contributed by atoms with Crippen LogP contribution in [0.25, 0.3) is 43.8 Å². The van der Waals surface area contributed by atoms with Crippen molar-refractivity contribution in [2.75, 3.05) is 7.11 Å². The highest BCUT2D eigenvalue weighted by Gasteiger charge is 2.51. The van der Waals surface area contributed by atoms with E-state index in [4.69, 9.17) is 4.74 Å². The average molecular weight is 495 g/mol. The molecule has 5 aromatic rings. The van der Waals surface area contributed by atoms with Crippen LogP contribution in [0.1, 0.15) is 44.1 Å². The molecule has 38 heavy (non-hydrogen) atoms. The summed E-state index contributed by atoms with van der Waals surface area (Å²) in [7, 11) is 1.85. The van der Waals surface area contributed by atoms with Gasteiger partial charge in [-0.2, -0.15) is 0 Å². The zero-order chi connectivity index (χ0) is 25.3. The fourth-order valence-electron chi connectivity index (χ4n) is 8.94. The van der Waals surface area contributed by atoms with Gasteiger partial charge in [-0.15, -0.1) is 0 Å². The monoisotopic (exact) mass is 494 g/mol. The van der Waals surface area contributed by atoms with Crippen LogP contribution in [0.4, 0.5) is 0 Å². The van der Waals surface area contributed by atoms with Crippen molar-refractivity contribution >= 4 is 21.5 Å². The van der Waals surface area contributed by atoms with E-state index in [1.807, 2.05) is 7.11 Å². The Morgan fingerprint density at radius 1 is 0.553 bits per heavy atom. The summed E-state index contributed by atoms with van der Waals surface area (Å²) in [6, 6.07) is 36.0. The third-order valence-electron chi connectivity index (χ3n) is 10.1. The Balaban J connectivity index is 1.44. The minimum atomic E-state index is 0.305. The molecule has 0 spiro atoms. The summed E-state index contributed by atoms with van der Waals surface area (Å²) in [5, 5.41) is 5.14. The summed E-state index contributed by atoms with van der Waals surface area (Å²) < 4.78 is 6.36. The molecule has 0 N–H and O–H groups in total. The molecule has 5 aromatic carbocycles. The van der Waals surface area contributed by atoms with Crippen molar-refractivity contribution < 1.29 is 4.74 Å². The Morgan fingerprint density at radius 3 is 1.47 bits per heavy atom. The number of hydrogen-bond donors (Lipinski definition) is 0. The molecule has 0 atom stereocenters. The molecule has 1 heteroatoms. The molecule has 0 unspecified atom stereocenters. The van der Waals surface area contributed by atoms with Crippen molar-refractivity contribution in [2.24, 2.45) is 17.8 Å². The van der Waals surface area contributed by atoms with Crippen LogP contribution in [0.15, 0.2) is 97.1 Å². The Kier molecular flexibility index (Phi) is 4.99. The molecule has 0 saturated heterocycles. The van der Waals surface area contributed by atoms with E-state index in [9.17, 15) is 0 Å². The highest BCUT2D eigenvalue weighted by Crippen LogP contribution is 2.62. The van der Waals surface area contributed by atoms with Crippen LogP contribution in [-0.4, -0.2) is 7.11 Å². The van der Waals surface area contributed by atoms with Gasteiger partial charge in [-0.3, -0.25) is 0 Å². The van der Waals surface area contributed by atoms with Crippen molar-refractivity contribution in [1.29, 1.82) is 0 Å². The molecule has 0 heterocycles. The third-order valence-corrected chi connectivity index (χ3v) is 10.1. The number of rotatable bonds is 4. The molecule has 4 bridgehead atoms. The van der Waals surface area contributed by atoms with E-state index >= 15 is 0 Å². The molecule has 4 saturated carbocycles. The van der Waals surface area contributed by atoms with E-state index in [0.29, 0.717) is 5.41 Å². The summed E-state index contributed by atoms with van der Waals surface area (Å²) in [4.78, 5) is 0. The molecule has 4 fully saturated rings. The van der Waals surface area contributed by atoms with Crippen LogP contribution >= 0.6 is 0 Å². The van der Waals surface area contributed by atoms with Crippen LogP contribution in [0, 0.1) is 17.8 Å². The first kappa shape index (κ1) is 22.4. The molecule has 0 aliphatic heterocycles. The van der Waals surface area contributed by atoms with Crippen LogP contribution in [-0.2, 0) is 5.41 Å². The fraction of sp³-hybridized carbons (Fsp3) is 0.297. The van der Waals surface area contributed by atoms with E-state index in [-0.39, 0.29) is 0 Å². The number of methoxy groups -OCH3 is 1. The van der Waals surface area contributed by atoms with Gasteiger partial charge in [0, 0.05) is 11.1 Å². The Labute approximate surface area is 225 Å². The zero-order valence-corrected chi connectivity index (χ0v) is 22.1. The lowest BCUT2D eigenvalue weighted by atomic mass is 9.48. The van der Waals surface area contributed by atoms with Crippen molar-refractivity contribution in [3.8, 4) is 28.0 Å². The second-order valence-electron chi connectivity index (χ2n) is 12.4. The van der Waals surface area contributed by atoms with Gasteiger partial charge >= 0.3 is 0 Å². The highest BCUT2D eigenvalue weighted by atomic mass is 16.5. The van der Waals surface area contributed by atoms with Crippen LogP contribution < -0.4 is 4.74 Å². The molecular formula is C37H34O. The van der Waals surface area contributed by atoms with Gasteiger partial charge in [0.1, 0.15) is 5.75 Å². The standard InChI is InChI=1S/C37H34O/c1-38-36-34(32-14-6-10-27-8-2-4-12-30(27)32)19-29(37-21-24-16-25(22-37)18-26(17-24)23-37)20-35(36)33-15-7-11-28-9-3-5-13-31(28)33/h2-15,19-20,24-26H,16-18,21-23H2,1H3. The average Bonchev–Trinajstić information content (AvgIpc) is 2.95. The topological polar surface area (TPSA) is 9.23 Å². The summed E-state index contributed by atoms with van der Waals surface area (Å²) >= 11 is 0. The Bertz CT molecular complexity index is 1550. The number of fused-ring (bicyclic) bond motifs is 2. The molecule has 4 aliphatic carbocycles. The third kappa shape index (κ3) is 3.37. The molecule has 188 valence electrons. The molecule has 0 aromatic heterocycles. The number of ether oxygens (including phenoxy) is 1. The minimum absolute atomic E-state index is 0.305. The van der Waals surface area contributed by atoms with Gasteiger partial charge in [-0.05, 0) is 112 Å². The SMILES string of the molecule is COc1c(-c2cccc3ccccc23)cc(C23CC4CC(CC(C4)C2)C3)cc1-c1cccc2ccccc12. The zero-order valence-electron chi connectivity index (χ0n) is 22.1. The lowest BCUT2D eigenvalue weighted by Gasteiger charge is -2.57. The molecule has 0 radical (unpaired) electrons. The van der Waals surface area contributed by atoms with E-state index in [2.05, 4.69) is 97.1 Å². The van der Waals surface area contributed by atoms with Crippen molar-refractivity contribution in [3.05, 3.63) is 103 Å². The molecular weight excluding hydrogens is 460 g/mol. The van der Waals surface area contributed by atoms with Gasteiger partial charge in [-0.1, -0.05) is 84.9 Å². The minimum Gasteiger partial charge on any atom is -0.495 e. The van der Waals surface area contributed by atoms with Crippen molar-refractivity contribution in [3.63, 3.8) is 0 Å². The maximum absolute atomic E-state index is 6.36. The predicted octanol–water partition coefficient (Wildman–Crippen LogP) is 9.80. The molecule has 0 amide bonds. The Hall–Kier alpha value is -3.58. The summed E-state index contributed by atoms with van der Waals surface area (Å²) in [6.45, 7) is 0. The number of benzene rings is 5. The summed E-state index contributed by atoms with van der Waals surface area (Å²) in [6.07, 6.45) is 8.45. The van der Waals surface area contributed by atoms with Crippen LogP contribution in [0.5, 0.6) is 5.75 Å². The van der Waals surface area contributed by atoms with E-state index < -0.39 is 0 Å². The van der Waals surface area contributed by atoms with Crippen LogP contribution in [0.3, 0.4) is 0 Å². The van der Waals surface area contributed by atoms with Crippen LogP contribution in [0.2, 0.25) is 0 Å². The van der Waals surface area contributed by atoms with Gasteiger partial charge in [0.2, 0.25) is 0 Å². The lowest BCUT2D eigenvalue weighted by molar-refractivity contribution is -0.00516. The van der Waals surface area contributed by atoms with Gasteiger partial charge < -0.3 is 4.74 Å². The maximum Gasteiger partial charge on any atom is 0.134 e. The quantitative estimate of drug-likeness (QED) is 0.242. The first-order chi connectivity index (χ1) is 18.7. The lowest BCUT2D eigenvalue weighted by Crippen LogP contribution is -2.48. The highest BCUT2D eigenvalue weighted by molar-refractivity contribution is 6.03. The van der Waals surface area contributed by atoms with Gasteiger partial charge in [0.05, 0.1) is 7.11 Å².